The number of anilines is 1. The predicted molar refractivity (Wildman–Crippen MR) is 155 cm³/mol. The number of benzene rings is 3. The molecule has 7 nitrogen and oxygen atoms in total. The van der Waals surface area contributed by atoms with Gasteiger partial charge in [-0.1, -0.05) is 55.5 Å². The molecule has 0 saturated carbocycles. The third kappa shape index (κ3) is 6.09. The first kappa shape index (κ1) is 28.3. The summed E-state index contributed by atoms with van der Waals surface area (Å²) in [4.78, 5) is 25.3. The Hall–Kier alpha value is -4.27. The van der Waals surface area contributed by atoms with E-state index in [0.717, 1.165) is 17.0 Å². The Kier molecular flexibility index (Phi) is 8.06. The molecule has 212 valence electrons. The molecular formula is C33H33FN2O5. The minimum atomic E-state index is -1.35. The molecule has 0 aliphatic carbocycles. The molecule has 2 heterocycles. The summed E-state index contributed by atoms with van der Waals surface area (Å²) >= 11 is 0. The second kappa shape index (κ2) is 11.7. The number of fused-ring (bicyclic) bond motifs is 1. The molecule has 0 bridgehead atoms. The SMILES string of the molecule is CC1C[C@@](O)(C[C@@H](O)CC(=O)O)CCn2c(-c3ccc(F)cc3)c(-c3ccccc3)c(C(=O)Nc3ccccc3)c21. The average molecular weight is 557 g/mol. The molecule has 0 saturated heterocycles. The zero-order chi connectivity index (χ0) is 29.1. The molecule has 1 aliphatic rings. The number of aliphatic carboxylic acids is 1. The zero-order valence-corrected chi connectivity index (χ0v) is 22.8. The number of amides is 1. The van der Waals surface area contributed by atoms with Crippen molar-refractivity contribution in [2.45, 2.75) is 56.8 Å². The lowest BCUT2D eigenvalue weighted by Gasteiger charge is -2.30. The lowest BCUT2D eigenvalue weighted by molar-refractivity contribution is -0.140. The maximum Gasteiger partial charge on any atom is 0.305 e. The van der Waals surface area contributed by atoms with Gasteiger partial charge in [-0.25, -0.2) is 4.39 Å². The first-order valence-electron chi connectivity index (χ1n) is 13.7. The topological polar surface area (TPSA) is 112 Å². The summed E-state index contributed by atoms with van der Waals surface area (Å²) < 4.78 is 16.0. The quantitative estimate of drug-likeness (QED) is 0.211. The molecule has 1 aromatic heterocycles. The van der Waals surface area contributed by atoms with Crippen LogP contribution in [-0.4, -0.2) is 43.5 Å². The number of para-hydroxylation sites is 1. The summed E-state index contributed by atoms with van der Waals surface area (Å²) in [7, 11) is 0. The number of carboxylic acid groups (broad SMARTS) is 1. The van der Waals surface area contributed by atoms with Crippen LogP contribution in [0.1, 0.15) is 54.6 Å². The third-order valence-electron chi connectivity index (χ3n) is 7.72. The van der Waals surface area contributed by atoms with Crippen molar-refractivity contribution in [1.29, 1.82) is 0 Å². The number of aliphatic hydroxyl groups excluding tert-OH is 1. The van der Waals surface area contributed by atoms with Crippen LogP contribution < -0.4 is 5.32 Å². The van der Waals surface area contributed by atoms with Crippen molar-refractivity contribution in [2.24, 2.45) is 0 Å². The highest BCUT2D eigenvalue weighted by Crippen LogP contribution is 2.46. The normalized spacial score (nSPS) is 19.2. The Morgan fingerprint density at radius 2 is 1.63 bits per heavy atom. The van der Waals surface area contributed by atoms with Gasteiger partial charge < -0.3 is 25.2 Å². The first-order chi connectivity index (χ1) is 19.6. The maximum absolute atomic E-state index is 14.1. The van der Waals surface area contributed by atoms with Gasteiger partial charge >= 0.3 is 5.97 Å². The maximum atomic E-state index is 14.1. The van der Waals surface area contributed by atoms with Crippen LogP contribution in [0.5, 0.6) is 0 Å². The zero-order valence-electron chi connectivity index (χ0n) is 22.8. The van der Waals surface area contributed by atoms with E-state index < -0.39 is 24.1 Å². The van der Waals surface area contributed by atoms with Crippen molar-refractivity contribution in [2.75, 3.05) is 5.32 Å². The van der Waals surface area contributed by atoms with Crippen molar-refractivity contribution in [3.05, 3.63) is 102 Å². The van der Waals surface area contributed by atoms with Gasteiger partial charge in [0.2, 0.25) is 0 Å². The Bertz CT molecular complexity index is 1540. The molecule has 3 aromatic carbocycles. The molecule has 4 aromatic rings. The standard InChI is InChI=1S/C33H33FN2O5/c1-21-19-33(41,20-26(37)18-27(38)39)16-17-36-30(21)29(32(40)35-25-10-6-3-7-11-25)28(22-8-4-2-5-9-22)31(36)23-12-14-24(34)15-13-23/h2-15,21,26,37,41H,16-20H2,1H3,(H,35,40)(H,38,39)/t21?,26-,33+/m0/s1. The van der Waals surface area contributed by atoms with Crippen LogP contribution in [0.15, 0.2) is 84.9 Å². The first-order valence-corrected chi connectivity index (χ1v) is 13.7. The van der Waals surface area contributed by atoms with E-state index in [1.807, 2.05) is 72.2 Å². The van der Waals surface area contributed by atoms with Crippen LogP contribution in [0.25, 0.3) is 22.4 Å². The molecule has 41 heavy (non-hydrogen) atoms. The van der Waals surface area contributed by atoms with E-state index in [0.29, 0.717) is 28.9 Å². The van der Waals surface area contributed by atoms with Crippen LogP contribution in [0.4, 0.5) is 10.1 Å². The summed E-state index contributed by atoms with van der Waals surface area (Å²) in [5.41, 5.74) is 3.44. The molecular weight excluding hydrogens is 523 g/mol. The molecule has 0 fully saturated rings. The van der Waals surface area contributed by atoms with Gasteiger partial charge in [-0.15, -0.1) is 0 Å². The van der Waals surface area contributed by atoms with Gasteiger partial charge in [0, 0.05) is 29.9 Å². The highest BCUT2D eigenvalue weighted by atomic mass is 19.1. The highest BCUT2D eigenvalue weighted by molar-refractivity contribution is 6.12. The number of aromatic nitrogens is 1. The predicted octanol–water partition coefficient (Wildman–Crippen LogP) is 6.07. The van der Waals surface area contributed by atoms with Crippen molar-refractivity contribution in [1.82, 2.24) is 4.57 Å². The fourth-order valence-electron chi connectivity index (χ4n) is 6.11. The molecule has 3 atom stereocenters. The Morgan fingerprint density at radius 3 is 2.27 bits per heavy atom. The minimum absolute atomic E-state index is 0.0998. The van der Waals surface area contributed by atoms with E-state index in [-0.39, 0.29) is 36.9 Å². The van der Waals surface area contributed by atoms with Gasteiger partial charge in [0.15, 0.2) is 0 Å². The number of carbonyl (C=O) groups excluding carboxylic acids is 1. The van der Waals surface area contributed by atoms with E-state index in [4.69, 9.17) is 5.11 Å². The Morgan fingerprint density at radius 1 is 1.00 bits per heavy atom. The number of aliphatic hydroxyl groups is 2. The van der Waals surface area contributed by atoms with Gasteiger partial charge in [0.05, 0.1) is 29.4 Å². The van der Waals surface area contributed by atoms with E-state index in [1.54, 1.807) is 12.1 Å². The molecule has 8 heteroatoms. The summed E-state index contributed by atoms with van der Waals surface area (Å²) in [5, 5.41) is 34.2. The number of hydrogen-bond donors (Lipinski definition) is 4. The summed E-state index contributed by atoms with van der Waals surface area (Å²) in [6.07, 6.45) is -1.32. The lowest BCUT2D eigenvalue weighted by atomic mass is 9.82. The number of carbonyl (C=O) groups is 2. The lowest BCUT2D eigenvalue weighted by Crippen LogP contribution is -2.35. The molecule has 4 N–H and O–H groups in total. The Labute approximate surface area is 237 Å². The average Bonchev–Trinajstić information content (AvgIpc) is 3.22. The third-order valence-corrected chi connectivity index (χ3v) is 7.72. The van der Waals surface area contributed by atoms with Crippen molar-refractivity contribution in [3.63, 3.8) is 0 Å². The number of nitrogens with one attached hydrogen (secondary N) is 1. The second-order valence-electron chi connectivity index (χ2n) is 10.9. The largest absolute Gasteiger partial charge is 0.481 e. The highest BCUT2D eigenvalue weighted by Gasteiger charge is 2.40. The van der Waals surface area contributed by atoms with E-state index in [1.165, 1.54) is 12.1 Å². The van der Waals surface area contributed by atoms with E-state index >= 15 is 0 Å². The molecule has 1 unspecified atom stereocenters. The number of nitrogens with zero attached hydrogens (tertiary/aromatic N) is 1. The summed E-state index contributed by atoms with van der Waals surface area (Å²) in [6, 6.07) is 24.9. The summed E-state index contributed by atoms with van der Waals surface area (Å²) in [5.74, 6) is -2.17. The van der Waals surface area contributed by atoms with Crippen LogP contribution in [0, 0.1) is 5.82 Å². The van der Waals surface area contributed by atoms with Gasteiger partial charge in [-0.05, 0) is 66.3 Å². The monoisotopic (exact) mass is 556 g/mol. The van der Waals surface area contributed by atoms with Crippen LogP contribution >= 0.6 is 0 Å². The molecule has 1 aliphatic heterocycles. The fraction of sp³-hybridized carbons (Fsp3) is 0.273. The number of hydrogen-bond acceptors (Lipinski definition) is 4. The Balaban J connectivity index is 1.70. The van der Waals surface area contributed by atoms with Gasteiger partial charge in [0.25, 0.3) is 5.91 Å². The summed E-state index contributed by atoms with van der Waals surface area (Å²) in [6.45, 7) is 2.23. The van der Waals surface area contributed by atoms with E-state index in [9.17, 15) is 24.2 Å². The van der Waals surface area contributed by atoms with Crippen LogP contribution in [0.2, 0.25) is 0 Å². The number of halogens is 1. The van der Waals surface area contributed by atoms with Crippen molar-refractivity contribution in [3.8, 4) is 22.4 Å². The number of carboxylic acids is 1. The molecule has 1 amide bonds. The minimum Gasteiger partial charge on any atom is -0.481 e. The molecule has 0 radical (unpaired) electrons. The van der Waals surface area contributed by atoms with Crippen LogP contribution in [0.3, 0.4) is 0 Å². The molecule has 0 spiro atoms. The smallest absolute Gasteiger partial charge is 0.305 e. The number of rotatable bonds is 8. The van der Waals surface area contributed by atoms with E-state index in [2.05, 4.69) is 5.32 Å². The molecule has 5 rings (SSSR count). The van der Waals surface area contributed by atoms with Crippen LogP contribution in [-0.2, 0) is 11.3 Å². The second-order valence-corrected chi connectivity index (χ2v) is 10.9. The van der Waals surface area contributed by atoms with Crippen molar-refractivity contribution < 1.29 is 29.3 Å². The fourth-order valence-corrected chi connectivity index (χ4v) is 6.11. The van der Waals surface area contributed by atoms with Gasteiger partial charge in [-0.3, -0.25) is 9.59 Å². The van der Waals surface area contributed by atoms with Crippen molar-refractivity contribution >= 4 is 17.6 Å². The van der Waals surface area contributed by atoms with Gasteiger partial charge in [-0.2, -0.15) is 0 Å². The van der Waals surface area contributed by atoms with Gasteiger partial charge in [0.1, 0.15) is 5.82 Å².